The van der Waals surface area contributed by atoms with Crippen molar-refractivity contribution in [2.75, 3.05) is 12.8 Å². The van der Waals surface area contributed by atoms with Crippen LogP contribution in [0.15, 0.2) is 33.4 Å². The van der Waals surface area contributed by atoms with Crippen LogP contribution in [0, 0.1) is 13.8 Å². The molecule has 4 nitrogen and oxygen atoms in total. The number of aryl methyl sites for hydroxylation is 2. The Balaban J connectivity index is 2.20. The summed E-state index contributed by atoms with van der Waals surface area (Å²) in [6.45, 7) is 4.26. The maximum absolute atomic E-state index is 12.5. The maximum atomic E-state index is 12.5. The molecule has 0 unspecified atom stereocenters. The monoisotopic (exact) mass is 336 g/mol. The van der Waals surface area contributed by atoms with Crippen LogP contribution in [0.1, 0.15) is 27.2 Å². The highest BCUT2D eigenvalue weighted by Crippen LogP contribution is 2.21. The van der Waals surface area contributed by atoms with Crippen molar-refractivity contribution in [2.45, 2.75) is 20.4 Å². The fraction of sp³-hybridized carbons (Fsp3) is 0.267. The van der Waals surface area contributed by atoms with Crippen molar-refractivity contribution >= 4 is 27.5 Å². The first kappa shape index (κ1) is 14.7. The van der Waals surface area contributed by atoms with E-state index in [-0.39, 0.29) is 5.91 Å². The predicted molar refractivity (Wildman–Crippen MR) is 82.5 cm³/mol. The van der Waals surface area contributed by atoms with Crippen LogP contribution < -0.4 is 5.73 Å². The molecule has 1 aromatic carbocycles. The number of benzene rings is 1. The van der Waals surface area contributed by atoms with Gasteiger partial charge in [-0.05, 0) is 59.1 Å². The Morgan fingerprint density at radius 2 is 2.00 bits per heavy atom. The smallest absolute Gasteiger partial charge is 0.254 e. The number of nitrogens with zero attached hydrogens (tertiary/aromatic N) is 1. The van der Waals surface area contributed by atoms with E-state index in [9.17, 15) is 4.79 Å². The number of hydrogen-bond donors (Lipinski definition) is 1. The quantitative estimate of drug-likeness (QED) is 0.872. The van der Waals surface area contributed by atoms with Crippen molar-refractivity contribution in [1.82, 2.24) is 4.90 Å². The Hall–Kier alpha value is -1.75. The van der Waals surface area contributed by atoms with Gasteiger partial charge in [-0.3, -0.25) is 4.79 Å². The molecule has 1 aromatic heterocycles. The molecule has 2 N–H and O–H groups in total. The highest BCUT2D eigenvalue weighted by atomic mass is 79.9. The van der Waals surface area contributed by atoms with Crippen LogP contribution in [0.4, 0.5) is 5.69 Å². The summed E-state index contributed by atoms with van der Waals surface area (Å²) >= 11 is 3.25. The lowest BCUT2D eigenvalue weighted by Crippen LogP contribution is -2.26. The second-order valence-corrected chi connectivity index (χ2v) is 5.67. The number of amides is 1. The standard InChI is InChI=1S/C15H17BrN2O2/c1-9-6-10(2)13(17)7-12(9)15(19)18(3)8-11-4-5-14(16)20-11/h4-7H,8,17H2,1-3H3. The molecule has 2 rings (SSSR count). The summed E-state index contributed by atoms with van der Waals surface area (Å²) in [7, 11) is 1.74. The Labute approximate surface area is 126 Å². The third-order valence-corrected chi connectivity index (χ3v) is 3.64. The van der Waals surface area contributed by atoms with Crippen molar-refractivity contribution in [3.8, 4) is 0 Å². The van der Waals surface area contributed by atoms with Gasteiger partial charge in [0.2, 0.25) is 0 Å². The summed E-state index contributed by atoms with van der Waals surface area (Å²) in [6, 6.07) is 7.31. The zero-order chi connectivity index (χ0) is 14.9. The van der Waals surface area contributed by atoms with Crippen molar-refractivity contribution in [1.29, 1.82) is 0 Å². The molecule has 0 radical (unpaired) electrons. The Morgan fingerprint density at radius 1 is 1.30 bits per heavy atom. The third kappa shape index (κ3) is 3.04. The van der Waals surface area contributed by atoms with Gasteiger partial charge in [-0.15, -0.1) is 0 Å². The molecular formula is C15H17BrN2O2. The molecule has 0 saturated heterocycles. The van der Waals surface area contributed by atoms with E-state index < -0.39 is 0 Å². The zero-order valence-electron chi connectivity index (χ0n) is 11.7. The molecule has 1 heterocycles. The third-order valence-electron chi connectivity index (χ3n) is 3.21. The number of furan rings is 1. The number of hydrogen-bond acceptors (Lipinski definition) is 3. The van der Waals surface area contributed by atoms with Gasteiger partial charge in [0.05, 0.1) is 6.54 Å². The maximum Gasteiger partial charge on any atom is 0.254 e. The topological polar surface area (TPSA) is 59.5 Å². The van der Waals surface area contributed by atoms with E-state index in [0.717, 1.165) is 16.9 Å². The van der Waals surface area contributed by atoms with Crippen molar-refractivity contribution in [2.24, 2.45) is 0 Å². The SMILES string of the molecule is Cc1cc(C)c(C(=O)N(C)Cc2ccc(Br)o2)cc1N. The number of nitrogen functional groups attached to an aromatic ring is 1. The summed E-state index contributed by atoms with van der Waals surface area (Å²) in [5.41, 5.74) is 9.05. The van der Waals surface area contributed by atoms with Gasteiger partial charge in [-0.2, -0.15) is 0 Å². The lowest BCUT2D eigenvalue weighted by molar-refractivity contribution is 0.0774. The van der Waals surface area contributed by atoms with E-state index in [1.807, 2.05) is 32.0 Å². The van der Waals surface area contributed by atoms with Crippen LogP contribution in [0.2, 0.25) is 0 Å². The van der Waals surface area contributed by atoms with Crippen molar-refractivity contribution < 1.29 is 9.21 Å². The highest BCUT2D eigenvalue weighted by molar-refractivity contribution is 9.10. The minimum atomic E-state index is -0.0678. The second kappa shape index (κ2) is 5.71. The first-order chi connectivity index (χ1) is 9.38. The van der Waals surface area contributed by atoms with Crippen LogP contribution in [-0.2, 0) is 6.54 Å². The number of rotatable bonds is 3. The number of halogens is 1. The number of carbonyl (C=O) groups is 1. The summed E-state index contributed by atoms with van der Waals surface area (Å²) in [6.07, 6.45) is 0. The summed E-state index contributed by atoms with van der Waals surface area (Å²) < 4.78 is 6.07. The van der Waals surface area contributed by atoms with Gasteiger partial charge in [0.25, 0.3) is 5.91 Å². The molecule has 20 heavy (non-hydrogen) atoms. The molecule has 1 amide bonds. The molecule has 0 fully saturated rings. The van der Waals surface area contributed by atoms with E-state index >= 15 is 0 Å². The van der Waals surface area contributed by atoms with Crippen LogP contribution in [0.3, 0.4) is 0 Å². The van der Waals surface area contributed by atoms with E-state index in [1.54, 1.807) is 18.0 Å². The summed E-state index contributed by atoms with van der Waals surface area (Å²) in [4.78, 5) is 14.1. The molecule has 0 spiro atoms. The highest BCUT2D eigenvalue weighted by Gasteiger charge is 2.16. The molecule has 0 atom stereocenters. The molecule has 0 aliphatic heterocycles. The average Bonchev–Trinajstić information content (AvgIpc) is 2.78. The molecule has 0 saturated carbocycles. The summed E-state index contributed by atoms with van der Waals surface area (Å²) in [5, 5.41) is 0. The Morgan fingerprint density at radius 3 is 2.60 bits per heavy atom. The first-order valence-electron chi connectivity index (χ1n) is 6.25. The van der Waals surface area contributed by atoms with Gasteiger partial charge in [-0.1, -0.05) is 6.07 Å². The van der Waals surface area contributed by atoms with E-state index in [1.165, 1.54) is 0 Å². The van der Waals surface area contributed by atoms with E-state index in [2.05, 4.69) is 15.9 Å². The summed E-state index contributed by atoms with van der Waals surface area (Å²) in [5.74, 6) is 0.659. The van der Waals surface area contributed by atoms with E-state index in [0.29, 0.717) is 22.5 Å². The van der Waals surface area contributed by atoms with E-state index in [4.69, 9.17) is 10.2 Å². The first-order valence-corrected chi connectivity index (χ1v) is 7.04. The Kier molecular flexibility index (Phi) is 4.18. The van der Waals surface area contributed by atoms with Gasteiger partial charge < -0.3 is 15.1 Å². The molecule has 2 aromatic rings. The lowest BCUT2D eigenvalue weighted by Gasteiger charge is -2.18. The minimum Gasteiger partial charge on any atom is -0.452 e. The Bertz CT molecular complexity index is 649. The van der Waals surface area contributed by atoms with Gasteiger partial charge in [0.1, 0.15) is 5.76 Å². The fourth-order valence-corrected chi connectivity index (χ4v) is 2.39. The zero-order valence-corrected chi connectivity index (χ0v) is 13.3. The van der Waals surface area contributed by atoms with Crippen LogP contribution >= 0.6 is 15.9 Å². The molecule has 0 bridgehead atoms. The van der Waals surface area contributed by atoms with Crippen LogP contribution in [0.5, 0.6) is 0 Å². The second-order valence-electron chi connectivity index (χ2n) is 4.89. The fourth-order valence-electron chi connectivity index (χ4n) is 2.05. The number of carbonyl (C=O) groups excluding carboxylic acids is 1. The minimum absolute atomic E-state index is 0.0678. The van der Waals surface area contributed by atoms with Gasteiger partial charge in [0, 0.05) is 18.3 Å². The van der Waals surface area contributed by atoms with Gasteiger partial charge in [0.15, 0.2) is 4.67 Å². The van der Waals surface area contributed by atoms with Gasteiger partial charge in [-0.25, -0.2) is 0 Å². The molecule has 0 aliphatic carbocycles. The molecule has 106 valence electrons. The van der Waals surface area contributed by atoms with Gasteiger partial charge >= 0.3 is 0 Å². The average molecular weight is 337 g/mol. The van der Waals surface area contributed by atoms with Crippen LogP contribution in [-0.4, -0.2) is 17.9 Å². The predicted octanol–water partition coefficient (Wildman–Crippen LogP) is 3.51. The lowest BCUT2D eigenvalue weighted by atomic mass is 10.0. The normalized spacial score (nSPS) is 10.6. The molecular weight excluding hydrogens is 320 g/mol. The molecule has 0 aliphatic rings. The van der Waals surface area contributed by atoms with Crippen molar-refractivity contribution in [3.05, 3.63) is 51.4 Å². The van der Waals surface area contributed by atoms with Crippen LogP contribution in [0.25, 0.3) is 0 Å². The van der Waals surface area contributed by atoms with Crippen molar-refractivity contribution in [3.63, 3.8) is 0 Å². The number of nitrogens with two attached hydrogens (primary N) is 1. The molecule has 5 heteroatoms. The number of anilines is 1. The largest absolute Gasteiger partial charge is 0.452 e.